The Balaban J connectivity index is 0.000000280. The molecule has 2 aromatic rings. The zero-order valence-electron chi connectivity index (χ0n) is 10.9. The average Bonchev–Trinajstić information content (AvgIpc) is 2.63. The van der Waals surface area contributed by atoms with Crippen LogP contribution in [-0.4, -0.2) is 15.9 Å². The van der Waals surface area contributed by atoms with E-state index < -0.39 is 5.91 Å². The van der Waals surface area contributed by atoms with E-state index in [0.717, 1.165) is 0 Å². The number of carbonyl (C=O) groups is 1. The smallest absolute Gasteiger partial charge is 0.254 e. The maximum absolute atomic E-state index is 11.5. The van der Waals surface area contributed by atoms with E-state index in [1.165, 1.54) is 23.0 Å². The normalized spacial score (nSPS) is 10.9. The minimum Gasteiger partial charge on any atom is -0.365 e. The van der Waals surface area contributed by atoms with Crippen LogP contribution in [0.1, 0.15) is 38.1 Å². The van der Waals surface area contributed by atoms with Crippen molar-refractivity contribution in [2.45, 2.75) is 27.7 Å². The number of nitrogens with one attached hydrogen (secondary N) is 1. The Labute approximate surface area is 109 Å². The molecule has 98 valence electrons. The highest BCUT2D eigenvalue weighted by molar-refractivity contribution is 7.16. The van der Waals surface area contributed by atoms with Crippen molar-refractivity contribution < 1.29 is 4.79 Å². The number of pyridine rings is 1. The third kappa shape index (κ3) is 3.96. The number of fused-ring (bicyclic) bond motifs is 1. The summed E-state index contributed by atoms with van der Waals surface area (Å²) in [6.07, 6.45) is 1.28. The molecule has 2 rings (SSSR count). The van der Waals surface area contributed by atoms with Crippen LogP contribution in [0.15, 0.2) is 16.5 Å². The van der Waals surface area contributed by atoms with Crippen molar-refractivity contribution in [1.29, 1.82) is 0 Å². The van der Waals surface area contributed by atoms with E-state index in [4.69, 9.17) is 5.73 Å². The fraction of sp³-hybridized carbons (Fsp3) is 0.417. The summed E-state index contributed by atoms with van der Waals surface area (Å²) in [6, 6.07) is 0. The lowest BCUT2D eigenvalue weighted by atomic mass is 10.0. The predicted octanol–water partition coefficient (Wildman–Crippen LogP) is 2.14. The van der Waals surface area contributed by atoms with Crippen LogP contribution >= 0.6 is 11.3 Å². The maximum Gasteiger partial charge on any atom is 0.254 e. The van der Waals surface area contributed by atoms with Crippen LogP contribution in [0.4, 0.5) is 0 Å². The van der Waals surface area contributed by atoms with Crippen LogP contribution in [0.3, 0.4) is 0 Å². The molecule has 0 aliphatic heterocycles. The van der Waals surface area contributed by atoms with Crippen molar-refractivity contribution in [3.8, 4) is 0 Å². The van der Waals surface area contributed by atoms with Crippen LogP contribution in [-0.2, 0) is 0 Å². The highest BCUT2D eigenvalue weighted by atomic mass is 32.1. The van der Waals surface area contributed by atoms with E-state index in [2.05, 4.69) is 37.7 Å². The molecule has 0 fully saturated rings. The van der Waals surface area contributed by atoms with Gasteiger partial charge in [0.05, 0.1) is 5.51 Å². The Hall–Kier alpha value is -1.69. The number of hydrogen-bond acceptors (Lipinski definition) is 4. The second-order valence-electron chi connectivity index (χ2n) is 5.43. The van der Waals surface area contributed by atoms with Crippen molar-refractivity contribution >= 4 is 27.6 Å². The summed E-state index contributed by atoms with van der Waals surface area (Å²) in [6.45, 7) is 8.75. The zero-order chi connectivity index (χ0) is 13.9. The van der Waals surface area contributed by atoms with Crippen LogP contribution in [0.25, 0.3) is 10.3 Å². The molecule has 1 amide bonds. The number of aromatic nitrogens is 2. The molecular weight excluding hydrogens is 250 g/mol. The molecule has 6 heteroatoms. The van der Waals surface area contributed by atoms with Crippen LogP contribution in [0.5, 0.6) is 0 Å². The molecule has 0 aliphatic rings. The molecule has 0 unspecified atom stereocenters. The molecular formula is C12H17N3O2S. The first-order valence-corrected chi connectivity index (χ1v) is 6.33. The number of hydrogen-bond donors (Lipinski definition) is 2. The summed E-state index contributed by atoms with van der Waals surface area (Å²) in [7, 11) is 0. The second-order valence-corrected chi connectivity index (χ2v) is 6.28. The molecule has 18 heavy (non-hydrogen) atoms. The average molecular weight is 267 g/mol. The fourth-order valence-corrected chi connectivity index (χ4v) is 1.73. The number of nitrogens with two attached hydrogens (primary N) is 1. The first-order chi connectivity index (χ1) is 8.20. The van der Waals surface area contributed by atoms with Crippen molar-refractivity contribution in [1.82, 2.24) is 9.97 Å². The highest BCUT2D eigenvalue weighted by Gasteiger charge is 2.10. The van der Waals surface area contributed by atoms with Crippen molar-refractivity contribution in [2.24, 2.45) is 11.1 Å². The summed E-state index contributed by atoms with van der Waals surface area (Å²) in [5.74, 6) is -0.725. The van der Waals surface area contributed by atoms with Crippen LogP contribution < -0.4 is 11.2 Å². The summed E-state index contributed by atoms with van der Waals surface area (Å²) in [5.41, 5.74) is 7.13. The van der Waals surface area contributed by atoms with E-state index in [1.54, 1.807) is 0 Å². The number of primary amides is 1. The molecule has 0 saturated carbocycles. The van der Waals surface area contributed by atoms with E-state index in [9.17, 15) is 9.59 Å². The Morgan fingerprint density at radius 2 is 1.94 bits per heavy atom. The van der Waals surface area contributed by atoms with Crippen molar-refractivity contribution in [3.05, 3.63) is 27.5 Å². The van der Waals surface area contributed by atoms with Gasteiger partial charge in [-0.05, 0) is 5.41 Å². The molecule has 0 spiro atoms. The maximum atomic E-state index is 11.5. The number of amides is 1. The number of H-pyrrole nitrogens is 1. The zero-order valence-corrected chi connectivity index (χ0v) is 11.7. The third-order valence-corrected chi connectivity index (χ3v) is 2.46. The largest absolute Gasteiger partial charge is 0.365 e. The van der Waals surface area contributed by atoms with Gasteiger partial charge in [0.2, 0.25) is 5.43 Å². The quantitative estimate of drug-likeness (QED) is 0.829. The Bertz CT molecular complexity index is 602. The van der Waals surface area contributed by atoms with Gasteiger partial charge >= 0.3 is 0 Å². The third-order valence-electron chi connectivity index (χ3n) is 1.64. The first kappa shape index (κ1) is 14.4. The van der Waals surface area contributed by atoms with Crippen LogP contribution in [0.2, 0.25) is 0 Å². The summed E-state index contributed by atoms with van der Waals surface area (Å²) in [5, 5.41) is 0. The van der Waals surface area contributed by atoms with Gasteiger partial charge < -0.3 is 10.7 Å². The topological polar surface area (TPSA) is 88.8 Å². The molecule has 0 aliphatic carbocycles. The van der Waals surface area contributed by atoms with Gasteiger partial charge in [0.15, 0.2) is 5.65 Å². The lowest BCUT2D eigenvalue weighted by Crippen LogP contribution is -2.21. The number of carbonyl (C=O) groups excluding carboxylic acids is 1. The number of aromatic amines is 1. The molecule has 0 atom stereocenters. The summed E-state index contributed by atoms with van der Waals surface area (Å²) >= 11 is 1.18. The molecule has 0 saturated heterocycles. The minimum atomic E-state index is -0.725. The molecule has 0 aromatic carbocycles. The van der Waals surface area contributed by atoms with Crippen LogP contribution in [0, 0.1) is 5.41 Å². The molecule has 3 N–H and O–H groups in total. The molecule has 0 bridgehead atoms. The monoisotopic (exact) mass is 267 g/mol. The first-order valence-electron chi connectivity index (χ1n) is 5.45. The Morgan fingerprint density at radius 1 is 1.39 bits per heavy atom. The fourth-order valence-electron chi connectivity index (χ4n) is 1.02. The van der Waals surface area contributed by atoms with Gasteiger partial charge in [0, 0.05) is 6.20 Å². The predicted molar refractivity (Wildman–Crippen MR) is 73.9 cm³/mol. The SMILES string of the molecule is CC(C)(C)C.NC(=O)c1c[nH]c2ncsc2c1=O. The van der Waals surface area contributed by atoms with Gasteiger partial charge in [0.1, 0.15) is 10.3 Å². The van der Waals surface area contributed by atoms with Gasteiger partial charge in [-0.3, -0.25) is 9.59 Å². The highest BCUT2D eigenvalue weighted by Crippen LogP contribution is 2.10. The lowest BCUT2D eigenvalue weighted by molar-refractivity contribution is 0.0999. The van der Waals surface area contributed by atoms with Crippen molar-refractivity contribution in [2.75, 3.05) is 0 Å². The van der Waals surface area contributed by atoms with E-state index in [0.29, 0.717) is 15.8 Å². The van der Waals surface area contributed by atoms with E-state index in [1.807, 2.05) is 0 Å². The number of rotatable bonds is 1. The minimum absolute atomic E-state index is 0.0308. The standard InChI is InChI=1S/C7H5N3O2S.C5H12/c8-6(12)3-1-9-7-5(4(3)11)13-2-10-7;1-5(2,3)4/h1-2H,(H2,8,12)(H,9,11);1-4H3. The Morgan fingerprint density at radius 3 is 2.44 bits per heavy atom. The van der Waals surface area contributed by atoms with Crippen molar-refractivity contribution in [3.63, 3.8) is 0 Å². The summed E-state index contributed by atoms with van der Waals surface area (Å²) < 4.78 is 0.427. The number of nitrogens with zero attached hydrogens (tertiary/aromatic N) is 1. The summed E-state index contributed by atoms with van der Waals surface area (Å²) in [4.78, 5) is 28.9. The van der Waals surface area contributed by atoms with Gasteiger partial charge in [-0.2, -0.15) is 0 Å². The molecule has 5 nitrogen and oxygen atoms in total. The van der Waals surface area contributed by atoms with Gasteiger partial charge in [-0.1, -0.05) is 27.7 Å². The Kier molecular flexibility index (Phi) is 4.24. The second kappa shape index (κ2) is 5.30. The molecule has 2 heterocycles. The van der Waals surface area contributed by atoms with Gasteiger partial charge in [0.25, 0.3) is 5.91 Å². The van der Waals surface area contributed by atoms with E-state index in [-0.39, 0.29) is 11.0 Å². The molecule has 2 aromatic heterocycles. The lowest BCUT2D eigenvalue weighted by Gasteiger charge is -2.05. The van der Waals surface area contributed by atoms with Gasteiger partial charge in [-0.15, -0.1) is 11.3 Å². The van der Waals surface area contributed by atoms with Gasteiger partial charge in [-0.25, -0.2) is 4.98 Å². The molecule has 0 radical (unpaired) electrons. The number of thiazole rings is 1. The van der Waals surface area contributed by atoms with E-state index >= 15 is 0 Å².